The topological polar surface area (TPSA) is 17.8 Å². The van der Waals surface area contributed by atoms with Crippen molar-refractivity contribution in [2.24, 2.45) is 0 Å². The lowest BCUT2D eigenvalue weighted by Gasteiger charge is -2.13. The number of hydrogen-bond donors (Lipinski definition) is 0. The Balaban J connectivity index is 1.73. The van der Waals surface area contributed by atoms with E-state index in [0.29, 0.717) is 0 Å². The van der Waals surface area contributed by atoms with E-state index in [9.17, 15) is 0 Å². The van der Waals surface area contributed by atoms with Crippen LogP contribution >= 0.6 is 0 Å². The number of fused-ring (bicyclic) bond motifs is 1. The van der Waals surface area contributed by atoms with Crippen LogP contribution in [0.1, 0.15) is 18.5 Å². The van der Waals surface area contributed by atoms with Crippen LogP contribution in [0.4, 0.5) is 0 Å². The summed E-state index contributed by atoms with van der Waals surface area (Å²) in [6.45, 7) is 0. The fourth-order valence-corrected chi connectivity index (χ4v) is 3.67. The van der Waals surface area contributed by atoms with Gasteiger partial charge in [0.15, 0.2) is 0 Å². The molecule has 2 aromatic heterocycles. The molecule has 0 fully saturated rings. The Hall–Kier alpha value is -3.39. The van der Waals surface area contributed by atoms with E-state index in [1.54, 1.807) is 0 Å². The normalized spacial score (nSPS) is 13.7. The molecule has 0 amide bonds. The average molecular weight is 348 g/mol. The molecule has 0 saturated carbocycles. The first-order valence-corrected chi connectivity index (χ1v) is 9.39. The largest absolute Gasteiger partial charge is 0.316 e. The van der Waals surface area contributed by atoms with Gasteiger partial charge in [0, 0.05) is 17.4 Å². The fraction of sp³-hybridized carbons (Fsp3) is 0.0800. The average Bonchev–Trinajstić information content (AvgIpc) is 3.19. The standard InChI is InChI=1S/C25H20N2/c1-3-9-19(10-4-1)23-17-22(18-24(26-23)20-11-5-2-6-12-20)27-16-15-21-13-7-8-14-25(21)27/h1,3-5,7-18H,2,6H2. The second-order valence-electron chi connectivity index (χ2n) is 6.85. The van der Waals surface area contributed by atoms with Crippen LogP contribution in [-0.4, -0.2) is 9.55 Å². The van der Waals surface area contributed by atoms with Gasteiger partial charge in [-0.2, -0.15) is 0 Å². The monoisotopic (exact) mass is 348 g/mol. The first-order chi connectivity index (χ1) is 13.4. The summed E-state index contributed by atoms with van der Waals surface area (Å²) in [5.41, 5.74) is 6.72. The van der Waals surface area contributed by atoms with Crippen LogP contribution in [0, 0.1) is 0 Å². The van der Waals surface area contributed by atoms with E-state index in [4.69, 9.17) is 4.98 Å². The quantitative estimate of drug-likeness (QED) is 0.417. The maximum absolute atomic E-state index is 4.98. The minimum Gasteiger partial charge on any atom is -0.316 e. The summed E-state index contributed by atoms with van der Waals surface area (Å²) < 4.78 is 2.25. The molecular formula is C25H20N2. The summed E-state index contributed by atoms with van der Waals surface area (Å²) in [6.07, 6.45) is 11.0. The van der Waals surface area contributed by atoms with Gasteiger partial charge in [0.25, 0.3) is 0 Å². The molecule has 0 unspecified atom stereocenters. The summed E-state index contributed by atoms with van der Waals surface area (Å²) in [7, 11) is 0. The Morgan fingerprint density at radius 2 is 1.59 bits per heavy atom. The molecule has 2 aromatic carbocycles. The van der Waals surface area contributed by atoms with Gasteiger partial charge in [-0.25, -0.2) is 4.98 Å². The van der Waals surface area contributed by atoms with Crippen molar-refractivity contribution in [2.75, 3.05) is 0 Å². The van der Waals surface area contributed by atoms with Crippen molar-refractivity contribution in [1.82, 2.24) is 9.55 Å². The number of allylic oxidation sites excluding steroid dienone is 4. The Bertz CT molecular complexity index is 1160. The number of benzene rings is 2. The van der Waals surface area contributed by atoms with Gasteiger partial charge in [-0.15, -0.1) is 0 Å². The lowest BCUT2D eigenvalue weighted by molar-refractivity contribution is 1.03. The van der Waals surface area contributed by atoms with E-state index < -0.39 is 0 Å². The number of rotatable bonds is 3. The zero-order chi connectivity index (χ0) is 18.1. The predicted molar refractivity (Wildman–Crippen MR) is 113 cm³/mol. The lowest BCUT2D eigenvalue weighted by atomic mass is 10.0. The van der Waals surface area contributed by atoms with E-state index in [-0.39, 0.29) is 0 Å². The van der Waals surface area contributed by atoms with Crippen LogP contribution in [0.15, 0.2) is 97.2 Å². The smallest absolute Gasteiger partial charge is 0.0730 e. The molecule has 0 bridgehead atoms. The van der Waals surface area contributed by atoms with Gasteiger partial charge in [0.1, 0.15) is 0 Å². The van der Waals surface area contributed by atoms with Gasteiger partial charge in [-0.05, 0) is 48.1 Å². The van der Waals surface area contributed by atoms with Gasteiger partial charge in [0.2, 0.25) is 0 Å². The Labute approximate surface area is 159 Å². The molecule has 1 aliphatic rings. The van der Waals surface area contributed by atoms with Crippen molar-refractivity contribution in [2.45, 2.75) is 12.8 Å². The summed E-state index contributed by atoms with van der Waals surface area (Å²) in [6, 6.07) is 25.4. The first-order valence-electron chi connectivity index (χ1n) is 9.39. The zero-order valence-electron chi connectivity index (χ0n) is 15.0. The molecule has 0 atom stereocenters. The first kappa shape index (κ1) is 15.8. The lowest BCUT2D eigenvalue weighted by Crippen LogP contribution is -1.99. The van der Waals surface area contributed by atoms with Crippen molar-refractivity contribution in [3.05, 3.63) is 103 Å². The number of hydrogen-bond acceptors (Lipinski definition) is 1. The molecule has 0 saturated heterocycles. The molecule has 2 nitrogen and oxygen atoms in total. The third-order valence-corrected chi connectivity index (χ3v) is 5.05. The van der Waals surface area contributed by atoms with E-state index in [2.05, 4.69) is 95.7 Å². The van der Waals surface area contributed by atoms with Crippen molar-refractivity contribution in [3.63, 3.8) is 0 Å². The SMILES string of the molecule is C1=CC(c2cc(-n3ccc4ccccc43)cc(-c3ccccc3)n2)=CCC1. The van der Waals surface area contributed by atoms with E-state index in [1.165, 1.54) is 16.5 Å². The minimum atomic E-state index is 1.00. The van der Waals surface area contributed by atoms with Gasteiger partial charge < -0.3 is 4.57 Å². The van der Waals surface area contributed by atoms with Crippen molar-refractivity contribution in [1.29, 1.82) is 0 Å². The molecule has 0 spiro atoms. The third kappa shape index (κ3) is 3.00. The third-order valence-electron chi connectivity index (χ3n) is 5.05. The minimum absolute atomic E-state index is 1.00. The predicted octanol–water partition coefficient (Wildman–Crippen LogP) is 6.43. The second-order valence-corrected chi connectivity index (χ2v) is 6.85. The van der Waals surface area contributed by atoms with Crippen LogP contribution < -0.4 is 0 Å². The summed E-state index contributed by atoms with van der Waals surface area (Å²) in [4.78, 5) is 4.98. The van der Waals surface area contributed by atoms with Gasteiger partial charge in [0.05, 0.1) is 16.9 Å². The fourth-order valence-electron chi connectivity index (χ4n) is 3.67. The zero-order valence-corrected chi connectivity index (χ0v) is 15.0. The molecular weight excluding hydrogens is 328 g/mol. The Morgan fingerprint density at radius 3 is 2.44 bits per heavy atom. The van der Waals surface area contributed by atoms with Crippen LogP contribution in [-0.2, 0) is 0 Å². The van der Waals surface area contributed by atoms with Crippen LogP contribution in [0.5, 0.6) is 0 Å². The van der Waals surface area contributed by atoms with Crippen LogP contribution in [0.3, 0.4) is 0 Å². The molecule has 1 aliphatic carbocycles. The number of pyridine rings is 1. The van der Waals surface area contributed by atoms with Crippen molar-refractivity contribution in [3.8, 4) is 16.9 Å². The van der Waals surface area contributed by atoms with Crippen LogP contribution in [0.2, 0.25) is 0 Å². The van der Waals surface area contributed by atoms with Gasteiger partial charge in [-0.1, -0.05) is 66.8 Å². The van der Waals surface area contributed by atoms with Gasteiger partial charge >= 0.3 is 0 Å². The molecule has 5 rings (SSSR count). The summed E-state index contributed by atoms with van der Waals surface area (Å²) in [5, 5.41) is 1.24. The molecule has 4 aromatic rings. The van der Waals surface area contributed by atoms with E-state index >= 15 is 0 Å². The number of para-hydroxylation sites is 1. The highest BCUT2D eigenvalue weighted by molar-refractivity contribution is 5.83. The number of aromatic nitrogens is 2. The molecule has 2 heterocycles. The Kier molecular flexibility index (Phi) is 3.95. The van der Waals surface area contributed by atoms with Crippen molar-refractivity contribution >= 4 is 16.5 Å². The summed E-state index contributed by atoms with van der Waals surface area (Å²) in [5.74, 6) is 0. The molecule has 2 heteroatoms. The van der Waals surface area contributed by atoms with Crippen molar-refractivity contribution < 1.29 is 0 Å². The van der Waals surface area contributed by atoms with E-state index in [0.717, 1.165) is 35.5 Å². The second kappa shape index (κ2) is 6.73. The highest BCUT2D eigenvalue weighted by Gasteiger charge is 2.11. The highest BCUT2D eigenvalue weighted by Crippen LogP contribution is 2.29. The highest BCUT2D eigenvalue weighted by atomic mass is 15.0. The molecule has 0 radical (unpaired) electrons. The Morgan fingerprint density at radius 1 is 0.778 bits per heavy atom. The van der Waals surface area contributed by atoms with Gasteiger partial charge in [-0.3, -0.25) is 0 Å². The maximum atomic E-state index is 4.98. The molecule has 0 N–H and O–H groups in total. The number of nitrogens with zero attached hydrogens (tertiary/aromatic N) is 2. The summed E-state index contributed by atoms with van der Waals surface area (Å²) >= 11 is 0. The molecule has 0 aliphatic heterocycles. The van der Waals surface area contributed by atoms with E-state index in [1.807, 2.05) is 6.07 Å². The molecule has 27 heavy (non-hydrogen) atoms. The maximum Gasteiger partial charge on any atom is 0.0730 e. The van der Waals surface area contributed by atoms with Crippen LogP contribution in [0.25, 0.3) is 33.4 Å². The molecule has 130 valence electrons.